The van der Waals surface area contributed by atoms with Gasteiger partial charge in [0.15, 0.2) is 0 Å². The number of aliphatic hydroxyl groups excluding tert-OH is 2. The molecule has 18 heavy (non-hydrogen) atoms. The molecule has 4 unspecified atom stereocenters. The summed E-state index contributed by atoms with van der Waals surface area (Å²) in [5, 5.41) is 26.1. The topological polar surface area (TPSA) is 64.5 Å². The third kappa shape index (κ3) is 7.77. The van der Waals surface area contributed by atoms with Gasteiger partial charge in [-0.25, -0.2) is 0 Å². The summed E-state index contributed by atoms with van der Waals surface area (Å²) in [6.07, 6.45) is -1.50. The van der Waals surface area contributed by atoms with E-state index in [4.69, 9.17) is 23.2 Å². The van der Waals surface area contributed by atoms with Gasteiger partial charge in [0, 0.05) is 31.4 Å². The lowest BCUT2D eigenvalue weighted by atomic mass is 9.88. The molecule has 0 aromatic heterocycles. The number of rotatable bonds is 11. The fourth-order valence-corrected chi connectivity index (χ4v) is 1.97. The van der Waals surface area contributed by atoms with E-state index in [9.17, 15) is 10.2 Å². The summed E-state index contributed by atoms with van der Waals surface area (Å²) >= 11 is 11.1. The van der Waals surface area contributed by atoms with Crippen LogP contribution in [-0.4, -0.2) is 60.4 Å². The second-order valence-electron chi connectivity index (χ2n) is 4.68. The Bertz CT molecular complexity index is 179. The van der Waals surface area contributed by atoms with E-state index in [2.05, 4.69) is 10.6 Å². The summed E-state index contributed by atoms with van der Waals surface area (Å²) in [6, 6.07) is 0. The van der Waals surface area contributed by atoms with Crippen LogP contribution in [0.15, 0.2) is 0 Å². The van der Waals surface area contributed by atoms with Crippen LogP contribution in [-0.2, 0) is 0 Å². The molecule has 4 N–H and O–H groups in total. The van der Waals surface area contributed by atoms with Crippen LogP contribution in [0.25, 0.3) is 0 Å². The summed E-state index contributed by atoms with van der Waals surface area (Å²) in [4.78, 5) is 0. The molecule has 0 aliphatic carbocycles. The minimum atomic E-state index is -0.765. The van der Waals surface area contributed by atoms with Crippen molar-refractivity contribution in [2.75, 3.05) is 37.9 Å². The molecule has 0 bridgehead atoms. The van der Waals surface area contributed by atoms with Crippen molar-refractivity contribution in [1.82, 2.24) is 10.6 Å². The molecule has 0 spiro atoms. The monoisotopic (exact) mass is 300 g/mol. The fraction of sp³-hybridized carbons (Fsp3) is 1.00. The first-order chi connectivity index (χ1) is 8.54. The third-order valence-corrected chi connectivity index (χ3v) is 3.57. The van der Waals surface area contributed by atoms with E-state index in [-0.39, 0.29) is 11.8 Å². The van der Waals surface area contributed by atoms with Crippen LogP contribution in [0.2, 0.25) is 0 Å². The summed E-state index contributed by atoms with van der Waals surface area (Å²) in [5.41, 5.74) is 0. The van der Waals surface area contributed by atoms with Crippen LogP contribution in [0.4, 0.5) is 0 Å². The highest BCUT2D eigenvalue weighted by Gasteiger charge is 2.26. The molecule has 0 aromatic rings. The Morgan fingerprint density at radius 3 is 1.94 bits per heavy atom. The van der Waals surface area contributed by atoms with Gasteiger partial charge in [0.05, 0.1) is 12.2 Å². The van der Waals surface area contributed by atoms with E-state index in [1.54, 1.807) is 0 Å². The van der Waals surface area contributed by atoms with Crippen molar-refractivity contribution in [3.63, 3.8) is 0 Å². The molecule has 4 nitrogen and oxygen atoms in total. The van der Waals surface area contributed by atoms with Crippen LogP contribution in [0.1, 0.15) is 13.8 Å². The molecule has 0 aliphatic heterocycles. The SMILES string of the molecule is CC(CNCCCl)C(C)C(O)C(O)CNCCCl. The van der Waals surface area contributed by atoms with Crippen molar-refractivity contribution in [2.45, 2.75) is 26.1 Å². The smallest absolute Gasteiger partial charge is 0.0925 e. The molecular weight excluding hydrogens is 275 g/mol. The van der Waals surface area contributed by atoms with E-state index in [1.165, 1.54) is 0 Å². The van der Waals surface area contributed by atoms with Crippen LogP contribution in [0.3, 0.4) is 0 Å². The first-order valence-corrected chi connectivity index (χ1v) is 7.51. The minimum Gasteiger partial charge on any atom is -0.390 e. The van der Waals surface area contributed by atoms with Gasteiger partial charge in [0.2, 0.25) is 0 Å². The van der Waals surface area contributed by atoms with Gasteiger partial charge < -0.3 is 20.8 Å². The largest absolute Gasteiger partial charge is 0.390 e. The molecule has 0 fully saturated rings. The van der Waals surface area contributed by atoms with Gasteiger partial charge in [-0.15, -0.1) is 23.2 Å². The Hall–Kier alpha value is 0.420. The third-order valence-electron chi connectivity index (χ3n) is 3.19. The maximum absolute atomic E-state index is 10.0. The second-order valence-corrected chi connectivity index (χ2v) is 5.44. The standard InChI is InChI=1S/C12H26Cl2N2O2/c1-9(7-15-5-3-13)10(2)12(18)11(17)8-16-6-4-14/h9-12,15-18H,3-8H2,1-2H3. The van der Waals surface area contributed by atoms with Crippen molar-refractivity contribution >= 4 is 23.2 Å². The van der Waals surface area contributed by atoms with E-state index >= 15 is 0 Å². The predicted octanol–water partition coefficient (Wildman–Crippen LogP) is 0.637. The highest BCUT2D eigenvalue weighted by atomic mass is 35.5. The van der Waals surface area contributed by atoms with Gasteiger partial charge in [0.1, 0.15) is 0 Å². The lowest BCUT2D eigenvalue weighted by Crippen LogP contribution is -2.43. The van der Waals surface area contributed by atoms with E-state index in [1.807, 2.05) is 13.8 Å². The fourth-order valence-electron chi connectivity index (χ4n) is 1.71. The number of nitrogens with one attached hydrogen (secondary N) is 2. The molecule has 0 heterocycles. The molecule has 0 saturated heterocycles. The highest BCUT2D eigenvalue weighted by molar-refractivity contribution is 6.18. The molecule has 0 amide bonds. The predicted molar refractivity (Wildman–Crippen MR) is 77.5 cm³/mol. The maximum atomic E-state index is 10.0. The Morgan fingerprint density at radius 2 is 1.44 bits per heavy atom. The highest BCUT2D eigenvalue weighted by Crippen LogP contribution is 2.17. The van der Waals surface area contributed by atoms with Gasteiger partial charge in [0.25, 0.3) is 0 Å². The summed E-state index contributed by atoms with van der Waals surface area (Å²) in [6.45, 7) is 6.53. The van der Waals surface area contributed by atoms with Crippen molar-refractivity contribution in [2.24, 2.45) is 11.8 Å². The van der Waals surface area contributed by atoms with Crippen LogP contribution < -0.4 is 10.6 Å². The Labute approximate surface area is 120 Å². The van der Waals surface area contributed by atoms with Gasteiger partial charge in [-0.05, 0) is 18.4 Å². The zero-order valence-electron chi connectivity index (χ0n) is 11.2. The number of aliphatic hydroxyl groups is 2. The molecule has 0 aliphatic rings. The van der Waals surface area contributed by atoms with E-state index < -0.39 is 12.2 Å². The number of hydrogen-bond acceptors (Lipinski definition) is 4. The Kier molecular flexibility index (Phi) is 11.5. The Morgan fingerprint density at radius 1 is 0.944 bits per heavy atom. The quantitative estimate of drug-likeness (QED) is 0.334. The summed E-state index contributed by atoms with van der Waals surface area (Å²) in [5.74, 6) is 1.36. The van der Waals surface area contributed by atoms with Gasteiger partial charge in [-0.2, -0.15) is 0 Å². The molecule has 0 rings (SSSR count). The van der Waals surface area contributed by atoms with Crippen LogP contribution in [0, 0.1) is 11.8 Å². The van der Waals surface area contributed by atoms with Crippen molar-refractivity contribution in [3.05, 3.63) is 0 Å². The van der Waals surface area contributed by atoms with Crippen LogP contribution >= 0.6 is 23.2 Å². The average molecular weight is 301 g/mol. The normalized spacial score (nSPS) is 18.3. The molecule has 110 valence electrons. The number of hydrogen-bond donors (Lipinski definition) is 4. The molecule has 0 radical (unpaired) electrons. The second kappa shape index (κ2) is 11.3. The first-order valence-electron chi connectivity index (χ1n) is 6.44. The van der Waals surface area contributed by atoms with Crippen molar-refractivity contribution < 1.29 is 10.2 Å². The zero-order chi connectivity index (χ0) is 14.0. The summed E-state index contributed by atoms with van der Waals surface area (Å²) < 4.78 is 0. The van der Waals surface area contributed by atoms with Gasteiger partial charge in [-0.3, -0.25) is 0 Å². The molecule has 0 aromatic carbocycles. The average Bonchev–Trinajstić information content (AvgIpc) is 2.37. The van der Waals surface area contributed by atoms with Crippen molar-refractivity contribution in [3.8, 4) is 0 Å². The minimum absolute atomic E-state index is 0.0145. The van der Waals surface area contributed by atoms with Crippen molar-refractivity contribution in [1.29, 1.82) is 0 Å². The summed E-state index contributed by atoms with van der Waals surface area (Å²) in [7, 11) is 0. The number of alkyl halides is 2. The molecular formula is C12H26Cl2N2O2. The van der Waals surface area contributed by atoms with Gasteiger partial charge in [-0.1, -0.05) is 13.8 Å². The van der Waals surface area contributed by atoms with Crippen LogP contribution in [0.5, 0.6) is 0 Å². The van der Waals surface area contributed by atoms with E-state index in [0.29, 0.717) is 24.8 Å². The first kappa shape index (κ1) is 18.4. The zero-order valence-corrected chi connectivity index (χ0v) is 12.7. The lowest BCUT2D eigenvalue weighted by Gasteiger charge is -2.29. The molecule has 4 atom stereocenters. The van der Waals surface area contributed by atoms with E-state index in [0.717, 1.165) is 13.1 Å². The maximum Gasteiger partial charge on any atom is 0.0925 e. The van der Waals surface area contributed by atoms with Gasteiger partial charge >= 0.3 is 0 Å². The number of halogens is 2. The molecule has 6 heteroatoms. The molecule has 0 saturated carbocycles. The lowest BCUT2D eigenvalue weighted by molar-refractivity contribution is -0.0248. The Balaban J connectivity index is 3.93.